The number of benzene rings is 6. The maximum atomic E-state index is 13.3. The average molecular weight is 1620 g/mol. The molecule has 7 aliphatic heterocycles. The van der Waals surface area contributed by atoms with Crippen molar-refractivity contribution in [2.24, 2.45) is 11.8 Å². The zero-order chi connectivity index (χ0) is 82.5. The molecule has 0 saturated carbocycles. The third kappa shape index (κ3) is 17.4. The molecule has 0 radical (unpaired) electrons. The van der Waals surface area contributed by atoms with Crippen LogP contribution in [0, 0.1) is 11.8 Å². The summed E-state index contributed by atoms with van der Waals surface area (Å²) in [5.74, 6) is 1.96. The number of anilines is 6. The van der Waals surface area contributed by atoms with Crippen LogP contribution in [-0.4, -0.2) is 175 Å². The van der Waals surface area contributed by atoms with Gasteiger partial charge in [-0.3, -0.25) is 58.0 Å². The van der Waals surface area contributed by atoms with E-state index in [9.17, 15) is 33.2 Å². The number of nitrogens with zero attached hydrogens (tertiary/aromatic N) is 12. The fourth-order valence-electron chi connectivity index (χ4n) is 17.2. The van der Waals surface area contributed by atoms with E-state index in [2.05, 4.69) is 98.2 Å². The first-order valence-corrected chi connectivity index (χ1v) is 40.9. The molecule has 6 aromatic carbocycles. The first-order chi connectivity index (χ1) is 58.5. The third-order valence-corrected chi connectivity index (χ3v) is 23.7. The van der Waals surface area contributed by atoms with E-state index in [4.69, 9.17) is 34.0 Å². The number of rotatable bonds is 23. The van der Waals surface area contributed by atoms with E-state index in [0.29, 0.717) is 59.7 Å². The van der Waals surface area contributed by atoms with E-state index in [-0.39, 0.29) is 45.1 Å². The zero-order valence-corrected chi connectivity index (χ0v) is 67.1. The Bertz CT molecular complexity index is 6030. The molecule has 12 aromatic rings. The number of aromatic nitrogens is 9. The minimum atomic E-state index is -0.688. The normalized spacial score (nSPS) is 18.8. The van der Waals surface area contributed by atoms with Gasteiger partial charge in [-0.2, -0.15) is 15.0 Å². The van der Waals surface area contributed by atoms with Crippen LogP contribution in [0.2, 0.25) is 0 Å². The lowest BCUT2D eigenvalue weighted by Crippen LogP contribution is -2.52. The van der Waals surface area contributed by atoms with Crippen LogP contribution >= 0.6 is 0 Å². The van der Waals surface area contributed by atoms with E-state index in [1.807, 2.05) is 109 Å². The number of fused-ring (bicyclic) bond motifs is 11. The molecule has 4 bridgehead atoms. The quantitative estimate of drug-likeness (QED) is 0.0324. The number of hydrogen-bond donors (Lipinski definition) is 6. The smallest absolute Gasteiger partial charge is 0.280 e. The highest BCUT2D eigenvalue weighted by Crippen LogP contribution is 2.36. The predicted octanol–water partition coefficient (Wildman–Crippen LogP) is 11.1. The van der Waals surface area contributed by atoms with Crippen molar-refractivity contribution >= 4 is 85.7 Å². The van der Waals surface area contributed by atoms with Crippen LogP contribution < -0.4 is 58.2 Å². The number of ether oxygens (including phenoxy) is 2. The SMILES string of the molecule is CCc1ccc(-n2cc(C(=O)NOC)c(=O)c3cnc(Nc4ccc(OC5CN6CCC5CC6)cc4)nc32)cc1.CONC(=O)c1cn(-c2ccc3c(c2)CCC3)c2nc(Nc3ccc(CCN4CC(F)C4)cc3)ncc2c1=O.CONC(=O)c1cn(-c2ccc3c(c2)CCC3)c2nc(Nc3cccc(OC4CN5CCC4CC5)c3)ncc2c1=O. The molecule has 6 N–H and O–H groups in total. The van der Waals surface area contributed by atoms with Gasteiger partial charge in [-0.1, -0.05) is 49.4 Å². The van der Waals surface area contributed by atoms with E-state index < -0.39 is 40.2 Å². The topological polar surface area (TPSA) is 323 Å². The number of carbonyl (C=O) groups excluding carboxylic acids is 3. The molecule has 29 nitrogen and oxygen atoms in total. The predicted molar refractivity (Wildman–Crippen MR) is 454 cm³/mol. The third-order valence-electron chi connectivity index (χ3n) is 23.7. The molecule has 7 saturated heterocycles. The number of alkyl halides is 1. The Morgan fingerprint density at radius 1 is 0.450 bits per heavy atom. The van der Waals surface area contributed by atoms with Crippen LogP contribution in [0.5, 0.6) is 11.5 Å². The molecule has 7 fully saturated rings. The van der Waals surface area contributed by atoms with Gasteiger partial charge in [0.25, 0.3) is 17.7 Å². The molecule has 2 unspecified atom stereocenters. The van der Waals surface area contributed by atoms with Crippen molar-refractivity contribution in [1.82, 2.24) is 74.7 Å². The Morgan fingerprint density at radius 3 is 1.28 bits per heavy atom. The van der Waals surface area contributed by atoms with Crippen molar-refractivity contribution in [2.75, 3.05) is 96.2 Å². The van der Waals surface area contributed by atoms with Gasteiger partial charge in [-0.05, 0) is 233 Å². The van der Waals surface area contributed by atoms with E-state index >= 15 is 0 Å². The molecule has 2 aliphatic carbocycles. The first-order valence-electron chi connectivity index (χ1n) is 40.9. The molecule has 0 spiro atoms. The summed E-state index contributed by atoms with van der Waals surface area (Å²) in [5.41, 5.74) is 18.5. The summed E-state index contributed by atoms with van der Waals surface area (Å²) >= 11 is 0. The zero-order valence-electron chi connectivity index (χ0n) is 67.1. The maximum Gasteiger partial charge on any atom is 0.280 e. The second kappa shape index (κ2) is 35.5. The fourth-order valence-corrected chi connectivity index (χ4v) is 17.2. The van der Waals surface area contributed by atoms with Crippen molar-refractivity contribution in [2.45, 2.75) is 102 Å². The summed E-state index contributed by atoms with van der Waals surface area (Å²) in [4.78, 5) is 126. The molecular formula is C90H93FN18O11. The lowest BCUT2D eigenvalue weighted by molar-refractivity contribution is -0.00778. The van der Waals surface area contributed by atoms with Crippen molar-refractivity contribution in [3.05, 3.63) is 251 Å². The summed E-state index contributed by atoms with van der Waals surface area (Å²) in [6.07, 6.45) is 21.5. The van der Waals surface area contributed by atoms with Gasteiger partial charge in [0.15, 0.2) is 16.9 Å². The average Bonchev–Trinajstić information content (AvgIpc) is 1.51. The van der Waals surface area contributed by atoms with Gasteiger partial charge in [-0.25, -0.2) is 35.8 Å². The largest absolute Gasteiger partial charge is 0.489 e. The van der Waals surface area contributed by atoms with Gasteiger partial charge in [-0.15, -0.1) is 0 Å². The van der Waals surface area contributed by atoms with Crippen LogP contribution in [0.4, 0.5) is 39.3 Å². The van der Waals surface area contributed by atoms with Gasteiger partial charge in [0.2, 0.25) is 34.1 Å². The van der Waals surface area contributed by atoms with Gasteiger partial charge in [0, 0.05) is 110 Å². The molecule has 616 valence electrons. The highest BCUT2D eigenvalue weighted by atomic mass is 19.1. The van der Waals surface area contributed by atoms with Crippen molar-refractivity contribution < 1.29 is 42.8 Å². The van der Waals surface area contributed by atoms with Crippen molar-refractivity contribution in [3.8, 4) is 28.6 Å². The molecule has 6 aromatic heterocycles. The second-order valence-electron chi connectivity index (χ2n) is 31.4. The van der Waals surface area contributed by atoms with Crippen LogP contribution in [-0.2, 0) is 53.0 Å². The monoisotopic (exact) mass is 1620 g/mol. The lowest BCUT2D eigenvalue weighted by Gasteiger charge is -2.44. The summed E-state index contributed by atoms with van der Waals surface area (Å²) in [5, 5.41) is 10.4. The van der Waals surface area contributed by atoms with E-state index in [1.165, 1.54) is 138 Å². The Hall–Kier alpha value is -12.7. The number of piperidine rings is 6. The molecule has 3 amide bonds. The highest BCUT2D eigenvalue weighted by molar-refractivity contribution is 5.98. The number of amides is 3. The molecule has 13 heterocycles. The Morgan fingerprint density at radius 2 is 0.858 bits per heavy atom. The van der Waals surface area contributed by atoms with E-state index in [1.54, 1.807) is 13.7 Å². The van der Waals surface area contributed by atoms with Crippen LogP contribution in [0.3, 0.4) is 0 Å². The molecule has 30 heteroatoms. The van der Waals surface area contributed by atoms with Crippen molar-refractivity contribution in [1.29, 1.82) is 0 Å². The Labute approximate surface area is 690 Å². The molecule has 21 rings (SSSR count). The molecule has 120 heavy (non-hydrogen) atoms. The van der Waals surface area contributed by atoms with Gasteiger partial charge in [0.05, 0.1) is 37.5 Å². The Kier molecular flexibility index (Phi) is 23.6. The Balaban J connectivity index is 0.000000128. The molecule has 9 aliphatic rings. The standard InChI is InChI=1S/C31H32N6O4.C30H32N6O4.C29H29FN6O3/c1-40-35-30(39)26-17-37(23-9-8-19-4-2-5-21(19)14-23)29-25(28(26)38)16-32-31(34-29)33-22-6-3-7-24(15-22)41-27-18-36-12-10-20(27)11-13-36;1-3-19-4-8-22(9-5-19)36-17-25(29(38)34-39-2)27(37)24-16-31-30(33-28(24)36)32-21-6-10-23(11-7-21)40-26-18-35-14-12-20(26)13-15-35;1-39-34-28(38)25-17-36(23-10-7-19-3-2-4-20(19)13-23)27-24(26(25)37)14-31-29(33-27)32-22-8-5-18(6-9-22)11-12-35-15-21(30)16-35/h3,6-9,14-17,20,27H,2,4-5,10-13,18H2,1H3,(H,35,39)(H,32,33,34);4-11,16-17,20,26H,3,12-15,18H2,1-2H3,(H,34,38)(H,31,32,33);5-10,13-14,17,21H,2-4,11-12,15-16H2,1H3,(H,34,38)(H,31,32,33). The number of hydroxylamine groups is 3. The number of hydrogen-bond acceptors (Lipinski definition) is 23. The van der Waals surface area contributed by atoms with Gasteiger partial charge < -0.3 is 39.1 Å². The number of aryl methyl sites for hydroxylation is 5. The number of nitrogens with one attached hydrogen (secondary N) is 6. The molecular weight excluding hydrogens is 1530 g/mol. The van der Waals surface area contributed by atoms with Crippen LogP contribution in [0.15, 0.2) is 185 Å². The maximum absolute atomic E-state index is 13.3. The number of halogens is 1. The van der Waals surface area contributed by atoms with E-state index in [0.717, 1.165) is 122 Å². The van der Waals surface area contributed by atoms with Gasteiger partial charge >= 0.3 is 0 Å². The van der Waals surface area contributed by atoms with Gasteiger partial charge in [0.1, 0.15) is 46.6 Å². The summed E-state index contributed by atoms with van der Waals surface area (Å²) in [6, 6.07) is 43.8. The fraction of sp³-hybridized carbons (Fsp3) is 0.333. The summed E-state index contributed by atoms with van der Waals surface area (Å²) in [7, 11) is 3.97. The number of carbonyl (C=O) groups is 3. The second-order valence-corrected chi connectivity index (χ2v) is 31.4. The van der Waals surface area contributed by atoms with Crippen LogP contribution in [0.1, 0.15) is 110 Å². The number of likely N-dealkylation sites (tertiary alicyclic amines) is 1. The molecule has 2 atom stereocenters. The van der Waals surface area contributed by atoms with Crippen LogP contribution in [0.25, 0.3) is 50.2 Å². The summed E-state index contributed by atoms with van der Waals surface area (Å²) in [6.45, 7) is 10.6. The highest BCUT2D eigenvalue weighted by Gasteiger charge is 2.37. The number of pyridine rings is 3. The minimum absolute atomic E-state index is 0.0539. The summed E-state index contributed by atoms with van der Waals surface area (Å²) < 4.78 is 31.0. The first kappa shape index (κ1) is 79.7. The minimum Gasteiger partial charge on any atom is -0.489 e. The van der Waals surface area contributed by atoms with Crippen molar-refractivity contribution in [3.63, 3.8) is 0 Å². The lowest BCUT2D eigenvalue weighted by atomic mass is 9.86.